The van der Waals surface area contributed by atoms with Gasteiger partial charge in [-0.05, 0) is 31.4 Å². The maximum Gasteiger partial charge on any atom is 0.0815 e. The van der Waals surface area contributed by atoms with Gasteiger partial charge in [-0.1, -0.05) is 0 Å². The van der Waals surface area contributed by atoms with Crippen LogP contribution < -0.4 is 5.73 Å². The second kappa shape index (κ2) is 3.51. The molecule has 0 amide bonds. The summed E-state index contributed by atoms with van der Waals surface area (Å²) in [5.41, 5.74) is 4.79. The maximum absolute atomic E-state index is 9.82. The van der Waals surface area contributed by atoms with Gasteiger partial charge in [-0.2, -0.15) is 0 Å². The molecule has 1 heterocycles. The van der Waals surface area contributed by atoms with Crippen molar-refractivity contribution in [1.29, 1.82) is 0 Å². The monoisotopic (exact) mass is 186 g/mol. The third-order valence-corrected chi connectivity index (χ3v) is 2.75. The fraction of sp³-hybridized carbons (Fsp3) is 0.625. The van der Waals surface area contributed by atoms with Gasteiger partial charge in [-0.3, -0.25) is 0 Å². The standard InChI is InChI=1S/C8H14N2OS/c1-6(9)8(2,11)5-7-3-4-10-12-7/h3-4,6,11H,5,9H2,1-2H3. The second-order valence-electron chi connectivity index (χ2n) is 3.30. The number of aromatic nitrogens is 1. The first-order chi connectivity index (χ1) is 5.52. The minimum atomic E-state index is -0.827. The molecule has 1 aromatic heterocycles. The summed E-state index contributed by atoms with van der Waals surface area (Å²) in [4.78, 5) is 1.07. The van der Waals surface area contributed by atoms with E-state index in [1.54, 1.807) is 20.0 Å². The van der Waals surface area contributed by atoms with Gasteiger partial charge in [0, 0.05) is 23.5 Å². The van der Waals surface area contributed by atoms with E-state index in [1.165, 1.54) is 11.5 Å². The number of hydrogen-bond acceptors (Lipinski definition) is 4. The Labute approximate surface area is 76.4 Å². The average Bonchev–Trinajstić information content (AvgIpc) is 2.38. The molecule has 12 heavy (non-hydrogen) atoms. The fourth-order valence-corrected chi connectivity index (χ4v) is 1.58. The fourth-order valence-electron chi connectivity index (χ4n) is 0.847. The van der Waals surface area contributed by atoms with E-state index in [2.05, 4.69) is 4.37 Å². The molecule has 2 atom stereocenters. The van der Waals surface area contributed by atoms with Crippen molar-refractivity contribution in [1.82, 2.24) is 4.37 Å². The van der Waals surface area contributed by atoms with Crippen LogP contribution in [0, 0.1) is 0 Å². The van der Waals surface area contributed by atoms with Crippen molar-refractivity contribution in [2.24, 2.45) is 5.73 Å². The molecule has 4 heteroatoms. The molecule has 0 aliphatic heterocycles. The highest BCUT2D eigenvalue weighted by atomic mass is 32.1. The van der Waals surface area contributed by atoms with Crippen LogP contribution in [-0.4, -0.2) is 21.1 Å². The van der Waals surface area contributed by atoms with Gasteiger partial charge < -0.3 is 10.8 Å². The Morgan fingerprint density at radius 1 is 1.83 bits per heavy atom. The van der Waals surface area contributed by atoms with Gasteiger partial charge in [-0.15, -0.1) is 0 Å². The largest absolute Gasteiger partial charge is 0.388 e. The van der Waals surface area contributed by atoms with Crippen molar-refractivity contribution in [2.45, 2.75) is 31.9 Å². The highest BCUT2D eigenvalue weighted by Gasteiger charge is 2.26. The van der Waals surface area contributed by atoms with Crippen molar-refractivity contribution in [3.8, 4) is 0 Å². The summed E-state index contributed by atoms with van der Waals surface area (Å²) in [5.74, 6) is 0. The maximum atomic E-state index is 9.82. The molecule has 0 aliphatic carbocycles. The van der Waals surface area contributed by atoms with E-state index in [4.69, 9.17) is 5.73 Å². The predicted octanol–water partition coefficient (Wildman–Crippen LogP) is 0.784. The van der Waals surface area contributed by atoms with Crippen LogP contribution in [0.5, 0.6) is 0 Å². The van der Waals surface area contributed by atoms with Crippen molar-refractivity contribution >= 4 is 11.5 Å². The van der Waals surface area contributed by atoms with E-state index in [0.717, 1.165) is 4.88 Å². The number of hydrogen-bond donors (Lipinski definition) is 2. The van der Waals surface area contributed by atoms with E-state index >= 15 is 0 Å². The van der Waals surface area contributed by atoms with Crippen LogP contribution >= 0.6 is 11.5 Å². The third kappa shape index (κ3) is 2.27. The van der Waals surface area contributed by atoms with Crippen LogP contribution in [0.15, 0.2) is 12.3 Å². The van der Waals surface area contributed by atoms with Crippen LogP contribution in [0.4, 0.5) is 0 Å². The molecule has 3 nitrogen and oxygen atoms in total. The zero-order chi connectivity index (χ0) is 9.19. The van der Waals surface area contributed by atoms with Gasteiger partial charge >= 0.3 is 0 Å². The van der Waals surface area contributed by atoms with Crippen LogP contribution in [0.1, 0.15) is 18.7 Å². The van der Waals surface area contributed by atoms with Crippen molar-refractivity contribution in [3.63, 3.8) is 0 Å². The summed E-state index contributed by atoms with van der Waals surface area (Å²) in [6, 6.07) is 1.68. The normalized spacial score (nSPS) is 18.7. The zero-order valence-electron chi connectivity index (χ0n) is 7.32. The van der Waals surface area contributed by atoms with E-state index in [9.17, 15) is 5.11 Å². The Morgan fingerprint density at radius 2 is 2.50 bits per heavy atom. The number of rotatable bonds is 3. The first-order valence-electron chi connectivity index (χ1n) is 3.90. The van der Waals surface area contributed by atoms with Crippen molar-refractivity contribution < 1.29 is 5.11 Å². The molecule has 2 unspecified atom stereocenters. The molecule has 68 valence electrons. The summed E-state index contributed by atoms with van der Waals surface area (Å²) in [6.07, 6.45) is 2.31. The molecule has 1 aromatic rings. The number of nitrogens with two attached hydrogens (primary N) is 1. The highest BCUT2D eigenvalue weighted by Crippen LogP contribution is 2.17. The average molecular weight is 186 g/mol. The van der Waals surface area contributed by atoms with Crippen LogP contribution in [0.3, 0.4) is 0 Å². The Kier molecular flexibility index (Phi) is 2.82. The SMILES string of the molecule is CC(N)C(C)(O)Cc1ccns1. The van der Waals surface area contributed by atoms with Gasteiger partial charge in [0.2, 0.25) is 0 Å². The lowest BCUT2D eigenvalue weighted by Gasteiger charge is -2.26. The Bertz CT molecular complexity index is 231. The first-order valence-corrected chi connectivity index (χ1v) is 4.67. The lowest BCUT2D eigenvalue weighted by Crippen LogP contribution is -2.44. The molecule has 0 bridgehead atoms. The molecule has 0 fully saturated rings. The Morgan fingerprint density at radius 3 is 2.92 bits per heavy atom. The zero-order valence-corrected chi connectivity index (χ0v) is 8.14. The van der Waals surface area contributed by atoms with Crippen LogP contribution in [-0.2, 0) is 6.42 Å². The van der Waals surface area contributed by atoms with E-state index < -0.39 is 5.60 Å². The second-order valence-corrected chi connectivity index (χ2v) is 4.22. The van der Waals surface area contributed by atoms with E-state index in [-0.39, 0.29) is 6.04 Å². The van der Waals surface area contributed by atoms with E-state index in [1.807, 2.05) is 6.07 Å². The van der Waals surface area contributed by atoms with Gasteiger partial charge in [0.25, 0.3) is 0 Å². The molecule has 0 saturated carbocycles. The van der Waals surface area contributed by atoms with Crippen molar-refractivity contribution in [3.05, 3.63) is 17.1 Å². The molecule has 0 aromatic carbocycles. The molecule has 0 radical (unpaired) electrons. The first kappa shape index (κ1) is 9.64. The summed E-state index contributed by atoms with van der Waals surface area (Å²) >= 11 is 1.40. The lowest BCUT2D eigenvalue weighted by molar-refractivity contribution is 0.0396. The number of nitrogens with zero attached hydrogens (tertiary/aromatic N) is 1. The number of aliphatic hydroxyl groups is 1. The Balaban J connectivity index is 2.62. The summed E-state index contributed by atoms with van der Waals surface area (Å²) in [5, 5.41) is 9.82. The third-order valence-electron chi connectivity index (χ3n) is 2.00. The smallest absolute Gasteiger partial charge is 0.0815 e. The molecule has 3 N–H and O–H groups in total. The minimum absolute atomic E-state index is 0.223. The summed E-state index contributed by atoms with van der Waals surface area (Å²) in [6.45, 7) is 3.55. The molecule has 0 spiro atoms. The summed E-state index contributed by atoms with van der Waals surface area (Å²) in [7, 11) is 0. The van der Waals surface area contributed by atoms with Gasteiger partial charge in [0.1, 0.15) is 0 Å². The van der Waals surface area contributed by atoms with E-state index in [0.29, 0.717) is 6.42 Å². The lowest BCUT2D eigenvalue weighted by atomic mass is 9.94. The molecule has 0 saturated heterocycles. The van der Waals surface area contributed by atoms with Gasteiger partial charge in [0.15, 0.2) is 0 Å². The minimum Gasteiger partial charge on any atom is -0.388 e. The highest BCUT2D eigenvalue weighted by molar-refractivity contribution is 7.05. The molecule has 0 aliphatic rings. The molecular weight excluding hydrogens is 172 g/mol. The van der Waals surface area contributed by atoms with Crippen molar-refractivity contribution in [2.75, 3.05) is 0 Å². The predicted molar refractivity (Wildman–Crippen MR) is 50.1 cm³/mol. The Hall–Kier alpha value is -0.450. The van der Waals surface area contributed by atoms with Gasteiger partial charge in [-0.25, -0.2) is 4.37 Å². The van der Waals surface area contributed by atoms with Crippen LogP contribution in [0.25, 0.3) is 0 Å². The summed E-state index contributed by atoms with van der Waals surface area (Å²) < 4.78 is 3.96. The van der Waals surface area contributed by atoms with Gasteiger partial charge in [0.05, 0.1) is 5.60 Å². The quantitative estimate of drug-likeness (QED) is 0.733. The molecular formula is C8H14N2OS. The topological polar surface area (TPSA) is 59.1 Å². The molecule has 1 rings (SSSR count). The van der Waals surface area contributed by atoms with Crippen LogP contribution in [0.2, 0.25) is 0 Å².